The molecule has 0 atom stereocenters. The Morgan fingerprint density at radius 1 is 1.20 bits per heavy atom. The van der Waals surface area contributed by atoms with Gasteiger partial charge in [0.1, 0.15) is 5.75 Å². The third-order valence-corrected chi connectivity index (χ3v) is 4.97. The second-order valence-corrected chi connectivity index (χ2v) is 7.40. The van der Waals surface area contributed by atoms with Crippen molar-refractivity contribution in [2.24, 2.45) is 0 Å². The Kier molecular flexibility index (Phi) is 5.50. The molecule has 0 aliphatic rings. The third kappa shape index (κ3) is 4.67. The number of halogens is 1. The molecule has 0 saturated carbocycles. The minimum atomic E-state index is -0.235. The van der Waals surface area contributed by atoms with Gasteiger partial charge in [0.25, 0.3) is 5.91 Å². The zero-order valence-electron chi connectivity index (χ0n) is 13.9. The molecular weight excluding hydrogens is 400 g/mol. The number of anilines is 1. The minimum absolute atomic E-state index is 0.0605. The molecular formula is C19H17BrN2O2S. The van der Waals surface area contributed by atoms with Crippen molar-refractivity contribution in [3.8, 4) is 17.0 Å². The smallest absolute Gasteiger partial charge is 0.264 e. The summed E-state index contributed by atoms with van der Waals surface area (Å²) in [5.74, 6) is 0.403. The first-order valence-corrected chi connectivity index (χ1v) is 9.40. The number of nitrogens with zero attached hydrogens (tertiary/aromatic N) is 1. The number of hydrogen-bond acceptors (Lipinski definition) is 4. The molecule has 0 unspecified atom stereocenters. The fourth-order valence-electron chi connectivity index (χ4n) is 2.23. The number of carbonyl (C=O) groups is 1. The number of carbonyl (C=O) groups excluding carboxylic acids is 1. The van der Waals surface area contributed by atoms with Crippen molar-refractivity contribution in [2.75, 3.05) is 11.9 Å². The van der Waals surface area contributed by atoms with Gasteiger partial charge in [-0.25, -0.2) is 4.98 Å². The number of amides is 1. The molecule has 128 valence electrons. The summed E-state index contributed by atoms with van der Waals surface area (Å²) in [6, 6.07) is 13.6. The third-order valence-electron chi connectivity index (χ3n) is 3.72. The lowest BCUT2D eigenvalue weighted by Crippen LogP contribution is -2.20. The lowest BCUT2D eigenvalue weighted by atomic mass is 10.1. The van der Waals surface area contributed by atoms with E-state index in [2.05, 4.69) is 52.2 Å². The molecule has 0 aliphatic carbocycles. The van der Waals surface area contributed by atoms with Crippen molar-refractivity contribution in [3.63, 3.8) is 0 Å². The Bertz CT molecular complexity index is 908. The molecule has 4 nitrogen and oxygen atoms in total. The topological polar surface area (TPSA) is 51.2 Å². The summed E-state index contributed by atoms with van der Waals surface area (Å²) in [6.07, 6.45) is 0. The first-order chi connectivity index (χ1) is 12.0. The molecule has 0 aliphatic heterocycles. The fraction of sp³-hybridized carbons (Fsp3) is 0.158. The molecule has 0 fully saturated rings. The van der Waals surface area contributed by atoms with E-state index >= 15 is 0 Å². The van der Waals surface area contributed by atoms with Crippen molar-refractivity contribution in [2.45, 2.75) is 13.8 Å². The van der Waals surface area contributed by atoms with Crippen LogP contribution >= 0.6 is 27.3 Å². The van der Waals surface area contributed by atoms with Crippen molar-refractivity contribution in [3.05, 3.63) is 63.4 Å². The quantitative estimate of drug-likeness (QED) is 0.620. The monoisotopic (exact) mass is 416 g/mol. The van der Waals surface area contributed by atoms with Gasteiger partial charge in [0, 0.05) is 15.4 Å². The summed E-state index contributed by atoms with van der Waals surface area (Å²) >= 11 is 4.77. The average Bonchev–Trinajstić information content (AvgIpc) is 3.04. The largest absolute Gasteiger partial charge is 0.484 e. The summed E-state index contributed by atoms with van der Waals surface area (Å²) in [4.78, 5) is 16.5. The van der Waals surface area contributed by atoms with Gasteiger partial charge in [-0.1, -0.05) is 34.1 Å². The van der Waals surface area contributed by atoms with Gasteiger partial charge in [0.05, 0.1) is 5.69 Å². The SMILES string of the molecule is Cc1ccc(-c2csc(NC(=O)COc3cccc(Br)c3)n2)cc1C. The van der Waals surface area contributed by atoms with Crippen LogP contribution in [0.15, 0.2) is 52.3 Å². The van der Waals surface area contributed by atoms with Gasteiger partial charge in [-0.05, 0) is 49.2 Å². The molecule has 1 N–H and O–H groups in total. The van der Waals surface area contributed by atoms with Crippen molar-refractivity contribution >= 4 is 38.3 Å². The molecule has 1 amide bonds. The van der Waals surface area contributed by atoms with Crippen LogP contribution in [0.25, 0.3) is 11.3 Å². The van der Waals surface area contributed by atoms with Crippen molar-refractivity contribution in [1.82, 2.24) is 4.98 Å². The van der Waals surface area contributed by atoms with E-state index in [9.17, 15) is 4.79 Å². The highest BCUT2D eigenvalue weighted by Crippen LogP contribution is 2.26. The summed E-state index contributed by atoms with van der Waals surface area (Å²) in [7, 11) is 0. The second-order valence-electron chi connectivity index (χ2n) is 5.63. The highest BCUT2D eigenvalue weighted by atomic mass is 79.9. The molecule has 3 aromatic rings. The van der Waals surface area contributed by atoms with Crippen LogP contribution in [0.5, 0.6) is 5.75 Å². The van der Waals surface area contributed by atoms with Gasteiger partial charge in [-0.3, -0.25) is 10.1 Å². The number of thiazole rings is 1. The first kappa shape index (κ1) is 17.6. The average molecular weight is 417 g/mol. The summed E-state index contributed by atoms with van der Waals surface area (Å²) < 4.78 is 6.38. The van der Waals surface area contributed by atoms with Gasteiger partial charge in [0.2, 0.25) is 0 Å². The Morgan fingerprint density at radius 2 is 2.04 bits per heavy atom. The Balaban J connectivity index is 1.60. The number of hydrogen-bond donors (Lipinski definition) is 1. The molecule has 1 aromatic heterocycles. The van der Waals surface area contributed by atoms with Crippen LogP contribution in [-0.4, -0.2) is 17.5 Å². The first-order valence-electron chi connectivity index (χ1n) is 7.72. The van der Waals surface area contributed by atoms with Crippen LogP contribution in [-0.2, 0) is 4.79 Å². The predicted molar refractivity (Wildman–Crippen MR) is 105 cm³/mol. The van der Waals surface area contributed by atoms with Crippen LogP contribution < -0.4 is 10.1 Å². The summed E-state index contributed by atoms with van der Waals surface area (Å²) in [5, 5.41) is 5.28. The standard InChI is InChI=1S/C19H17BrN2O2S/c1-12-6-7-14(8-13(12)2)17-11-25-19(21-17)22-18(23)10-24-16-5-3-4-15(20)9-16/h3-9,11H,10H2,1-2H3,(H,21,22,23). The van der Waals surface area contributed by atoms with Crippen molar-refractivity contribution in [1.29, 1.82) is 0 Å². The number of aromatic nitrogens is 1. The van der Waals surface area contributed by atoms with Gasteiger partial charge in [-0.15, -0.1) is 11.3 Å². The lowest BCUT2D eigenvalue weighted by Gasteiger charge is -2.06. The second kappa shape index (κ2) is 7.80. The number of benzene rings is 2. The normalized spacial score (nSPS) is 10.5. The Morgan fingerprint density at radius 3 is 2.80 bits per heavy atom. The maximum absolute atomic E-state index is 12.0. The van der Waals surface area contributed by atoms with E-state index in [1.807, 2.05) is 29.6 Å². The minimum Gasteiger partial charge on any atom is -0.484 e. The van der Waals surface area contributed by atoms with Crippen LogP contribution in [0.4, 0.5) is 5.13 Å². The van der Waals surface area contributed by atoms with E-state index in [-0.39, 0.29) is 12.5 Å². The highest BCUT2D eigenvalue weighted by Gasteiger charge is 2.09. The van der Waals surface area contributed by atoms with Crippen LogP contribution in [0.2, 0.25) is 0 Å². The molecule has 0 spiro atoms. The predicted octanol–water partition coefficient (Wildman–Crippen LogP) is 5.21. The number of ether oxygens (including phenoxy) is 1. The molecule has 1 heterocycles. The number of nitrogens with one attached hydrogen (secondary N) is 1. The van der Waals surface area contributed by atoms with Gasteiger partial charge >= 0.3 is 0 Å². The molecule has 2 aromatic carbocycles. The van der Waals surface area contributed by atoms with E-state index in [0.717, 1.165) is 15.7 Å². The number of rotatable bonds is 5. The maximum Gasteiger partial charge on any atom is 0.264 e. The summed E-state index contributed by atoms with van der Waals surface area (Å²) in [6.45, 7) is 4.10. The van der Waals surface area contributed by atoms with Crippen molar-refractivity contribution < 1.29 is 9.53 Å². The van der Waals surface area contributed by atoms with Crippen LogP contribution in [0.3, 0.4) is 0 Å². The zero-order chi connectivity index (χ0) is 17.8. The van der Waals surface area contributed by atoms with Gasteiger partial charge < -0.3 is 4.74 Å². The number of aryl methyl sites for hydroxylation is 2. The van der Waals surface area contributed by atoms with E-state index in [0.29, 0.717) is 10.9 Å². The van der Waals surface area contributed by atoms with Crippen LogP contribution in [0.1, 0.15) is 11.1 Å². The van der Waals surface area contributed by atoms with E-state index in [1.165, 1.54) is 22.5 Å². The maximum atomic E-state index is 12.0. The fourth-order valence-corrected chi connectivity index (χ4v) is 3.34. The highest BCUT2D eigenvalue weighted by molar-refractivity contribution is 9.10. The van der Waals surface area contributed by atoms with E-state index < -0.39 is 0 Å². The van der Waals surface area contributed by atoms with Gasteiger partial charge in [-0.2, -0.15) is 0 Å². The molecule has 25 heavy (non-hydrogen) atoms. The van der Waals surface area contributed by atoms with Gasteiger partial charge in [0.15, 0.2) is 11.7 Å². The Labute approximate surface area is 159 Å². The lowest BCUT2D eigenvalue weighted by molar-refractivity contribution is -0.118. The van der Waals surface area contributed by atoms with Crippen LogP contribution in [0, 0.1) is 13.8 Å². The Hall–Kier alpha value is -2.18. The zero-order valence-corrected chi connectivity index (χ0v) is 16.3. The molecule has 0 radical (unpaired) electrons. The molecule has 0 saturated heterocycles. The van der Waals surface area contributed by atoms with E-state index in [1.54, 1.807) is 6.07 Å². The molecule has 0 bridgehead atoms. The molecule has 6 heteroatoms. The van der Waals surface area contributed by atoms with E-state index in [4.69, 9.17) is 4.74 Å². The summed E-state index contributed by atoms with van der Waals surface area (Å²) in [5.41, 5.74) is 4.37. The molecule has 3 rings (SSSR count).